The van der Waals surface area contributed by atoms with Crippen LogP contribution in [0.1, 0.15) is 36.1 Å². The second kappa shape index (κ2) is 4.32. The zero-order valence-corrected chi connectivity index (χ0v) is 9.14. The van der Waals surface area contributed by atoms with Gasteiger partial charge in [0.15, 0.2) is 0 Å². The fourth-order valence-electron chi connectivity index (χ4n) is 0.981. The van der Waals surface area contributed by atoms with E-state index >= 15 is 0 Å². The Morgan fingerprint density at radius 3 is 2.79 bits per heavy atom. The summed E-state index contributed by atoms with van der Waals surface area (Å²) in [7, 11) is 1.31. The third-order valence-electron chi connectivity index (χ3n) is 1.76. The summed E-state index contributed by atoms with van der Waals surface area (Å²) in [6, 6.07) is 1.74. The molecule has 1 rings (SSSR count). The monoisotopic (exact) mass is 212 g/mol. The number of methoxy groups -OCH3 is 1. The Kier molecular flexibility index (Phi) is 3.35. The van der Waals surface area contributed by atoms with Gasteiger partial charge in [0.1, 0.15) is 4.64 Å². The summed E-state index contributed by atoms with van der Waals surface area (Å²) < 4.78 is 4.94. The third-order valence-corrected chi connectivity index (χ3v) is 1.97. The molecule has 0 amide bonds. The summed E-state index contributed by atoms with van der Waals surface area (Å²) >= 11 is 4.93. The van der Waals surface area contributed by atoms with E-state index < -0.39 is 5.97 Å². The molecule has 5 heteroatoms. The number of nitrogens with one attached hydrogen (secondary N) is 1. The standard InChI is InChI=1S/C9H12N2O2S/c1-5(2)6-4-7(14)11-8(10-6)9(12)13-3/h4-5H,1-3H3,(H,10,11,14). The maximum Gasteiger partial charge on any atom is 0.374 e. The van der Waals surface area contributed by atoms with E-state index in [9.17, 15) is 4.79 Å². The predicted octanol–water partition coefficient (Wildman–Crippen LogP) is 2.05. The molecule has 1 aromatic heterocycles. The summed E-state index contributed by atoms with van der Waals surface area (Å²) in [4.78, 5) is 17.9. The molecule has 0 saturated heterocycles. The van der Waals surface area contributed by atoms with Gasteiger partial charge in [0.05, 0.1) is 7.11 Å². The van der Waals surface area contributed by atoms with E-state index in [-0.39, 0.29) is 11.7 Å². The molecule has 76 valence electrons. The maximum atomic E-state index is 11.2. The van der Waals surface area contributed by atoms with Crippen LogP contribution in [0, 0.1) is 4.64 Å². The average Bonchev–Trinajstić information content (AvgIpc) is 2.15. The molecule has 0 aliphatic heterocycles. The normalized spacial score (nSPS) is 10.3. The highest BCUT2D eigenvalue weighted by molar-refractivity contribution is 7.71. The minimum atomic E-state index is -0.501. The molecule has 1 N–H and O–H groups in total. The van der Waals surface area contributed by atoms with Gasteiger partial charge in [-0.2, -0.15) is 0 Å². The summed E-state index contributed by atoms with van der Waals surface area (Å²) in [5.41, 5.74) is 0.880. The van der Waals surface area contributed by atoms with E-state index in [4.69, 9.17) is 12.2 Å². The van der Waals surface area contributed by atoms with Crippen molar-refractivity contribution in [3.05, 3.63) is 22.2 Å². The fraction of sp³-hybridized carbons (Fsp3) is 0.444. The lowest BCUT2D eigenvalue weighted by Crippen LogP contribution is -2.09. The van der Waals surface area contributed by atoms with E-state index in [1.165, 1.54) is 7.11 Å². The minimum Gasteiger partial charge on any atom is -0.463 e. The molecule has 0 fully saturated rings. The van der Waals surface area contributed by atoms with Crippen LogP contribution in [0.4, 0.5) is 0 Å². The zero-order chi connectivity index (χ0) is 10.7. The van der Waals surface area contributed by atoms with Gasteiger partial charge in [-0.1, -0.05) is 26.1 Å². The molecule has 0 radical (unpaired) electrons. The molecule has 14 heavy (non-hydrogen) atoms. The molecule has 0 saturated carbocycles. The Bertz CT molecular complexity index is 398. The van der Waals surface area contributed by atoms with Crippen molar-refractivity contribution < 1.29 is 9.53 Å². The zero-order valence-electron chi connectivity index (χ0n) is 8.33. The quantitative estimate of drug-likeness (QED) is 0.602. The van der Waals surface area contributed by atoms with Gasteiger partial charge in [0, 0.05) is 5.69 Å². The highest BCUT2D eigenvalue weighted by Gasteiger charge is 2.10. The lowest BCUT2D eigenvalue weighted by atomic mass is 10.1. The van der Waals surface area contributed by atoms with Crippen LogP contribution >= 0.6 is 12.2 Å². The molecule has 0 spiro atoms. The van der Waals surface area contributed by atoms with Crippen LogP contribution in [0.15, 0.2) is 6.07 Å². The summed E-state index contributed by atoms with van der Waals surface area (Å²) in [6.07, 6.45) is 0. The first kappa shape index (κ1) is 10.8. The number of rotatable bonds is 2. The van der Waals surface area contributed by atoms with Crippen molar-refractivity contribution in [2.75, 3.05) is 7.11 Å². The molecule has 1 aromatic rings. The molecule has 4 nitrogen and oxygen atoms in total. The van der Waals surface area contributed by atoms with E-state index in [2.05, 4.69) is 14.7 Å². The highest BCUT2D eigenvalue weighted by atomic mass is 32.1. The second-order valence-corrected chi connectivity index (χ2v) is 3.59. The Hall–Kier alpha value is -1.23. The second-order valence-electron chi connectivity index (χ2n) is 3.17. The largest absolute Gasteiger partial charge is 0.463 e. The van der Waals surface area contributed by atoms with Crippen molar-refractivity contribution in [2.24, 2.45) is 0 Å². The van der Waals surface area contributed by atoms with Gasteiger partial charge < -0.3 is 9.72 Å². The smallest absolute Gasteiger partial charge is 0.374 e. The predicted molar refractivity (Wildman–Crippen MR) is 54.9 cm³/mol. The first-order valence-electron chi connectivity index (χ1n) is 4.24. The number of aromatic amines is 1. The molecule has 0 aliphatic rings. The van der Waals surface area contributed by atoms with Crippen LogP contribution in [0.25, 0.3) is 0 Å². The van der Waals surface area contributed by atoms with Gasteiger partial charge in [-0.05, 0) is 12.0 Å². The number of hydrogen-bond donors (Lipinski definition) is 1. The van der Waals surface area contributed by atoms with Gasteiger partial charge in [-0.25, -0.2) is 9.78 Å². The summed E-state index contributed by atoms with van der Waals surface area (Å²) in [6.45, 7) is 4.00. The number of carbonyl (C=O) groups is 1. The number of esters is 1. The number of nitrogens with zero attached hydrogens (tertiary/aromatic N) is 1. The Morgan fingerprint density at radius 2 is 2.29 bits per heavy atom. The Balaban J connectivity index is 3.20. The Labute approximate surface area is 87.3 Å². The van der Waals surface area contributed by atoms with Crippen molar-refractivity contribution in [1.82, 2.24) is 9.97 Å². The van der Waals surface area contributed by atoms with Gasteiger partial charge in [-0.15, -0.1) is 0 Å². The maximum absolute atomic E-state index is 11.2. The lowest BCUT2D eigenvalue weighted by Gasteiger charge is -2.06. The van der Waals surface area contributed by atoms with Gasteiger partial charge in [-0.3, -0.25) is 0 Å². The van der Waals surface area contributed by atoms with Crippen molar-refractivity contribution in [3.8, 4) is 0 Å². The molecule has 0 atom stereocenters. The molecule has 0 aromatic carbocycles. The molecule has 0 bridgehead atoms. The SMILES string of the molecule is COC(=O)c1nc(=S)cc(C(C)C)[nH]1. The minimum absolute atomic E-state index is 0.156. The molecule has 1 heterocycles. The van der Waals surface area contributed by atoms with E-state index in [1.807, 2.05) is 13.8 Å². The van der Waals surface area contributed by atoms with Gasteiger partial charge in [0.2, 0.25) is 5.82 Å². The number of carbonyl (C=O) groups excluding carboxylic acids is 1. The first-order chi connectivity index (χ1) is 6.54. The van der Waals surface area contributed by atoms with Crippen molar-refractivity contribution >= 4 is 18.2 Å². The van der Waals surface area contributed by atoms with Crippen molar-refractivity contribution in [1.29, 1.82) is 0 Å². The van der Waals surface area contributed by atoms with E-state index in [0.29, 0.717) is 4.64 Å². The van der Waals surface area contributed by atoms with Crippen LogP contribution < -0.4 is 0 Å². The Morgan fingerprint density at radius 1 is 1.64 bits per heavy atom. The van der Waals surface area contributed by atoms with Gasteiger partial charge in [0.25, 0.3) is 0 Å². The van der Waals surface area contributed by atoms with Crippen LogP contribution in [-0.2, 0) is 4.74 Å². The van der Waals surface area contributed by atoms with Crippen molar-refractivity contribution in [2.45, 2.75) is 19.8 Å². The van der Waals surface area contributed by atoms with Gasteiger partial charge >= 0.3 is 5.97 Å². The van der Waals surface area contributed by atoms with E-state index in [1.54, 1.807) is 6.07 Å². The number of hydrogen-bond acceptors (Lipinski definition) is 4. The average molecular weight is 212 g/mol. The van der Waals surface area contributed by atoms with Crippen LogP contribution in [-0.4, -0.2) is 23.0 Å². The van der Waals surface area contributed by atoms with Crippen LogP contribution in [0.3, 0.4) is 0 Å². The summed E-state index contributed by atoms with van der Waals surface area (Å²) in [5, 5.41) is 0. The fourth-order valence-corrected chi connectivity index (χ4v) is 1.20. The molecule has 0 aliphatic carbocycles. The molecular formula is C9H12N2O2S. The summed E-state index contributed by atoms with van der Waals surface area (Å²) in [5.74, 6) is -0.0783. The third kappa shape index (κ3) is 2.38. The molecule has 0 unspecified atom stereocenters. The first-order valence-corrected chi connectivity index (χ1v) is 4.65. The van der Waals surface area contributed by atoms with Crippen LogP contribution in [0.5, 0.6) is 0 Å². The topological polar surface area (TPSA) is 55.0 Å². The number of ether oxygens (including phenoxy) is 1. The van der Waals surface area contributed by atoms with Crippen LogP contribution in [0.2, 0.25) is 0 Å². The highest BCUT2D eigenvalue weighted by Crippen LogP contribution is 2.11. The lowest BCUT2D eigenvalue weighted by molar-refractivity contribution is 0.0586. The van der Waals surface area contributed by atoms with Crippen molar-refractivity contribution in [3.63, 3.8) is 0 Å². The number of aromatic nitrogens is 2. The van der Waals surface area contributed by atoms with E-state index in [0.717, 1.165) is 5.69 Å². The number of H-pyrrole nitrogens is 1. The molecular weight excluding hydrogens is 200 g/mol.